The molecule has 0 bridgehead atoms. The van der Waals surface area contributed by atoms with E-state index in [1.165, 1.54) is 6.92 Å². The fourth-order valence-electron chi connectivity index (χ4n) is 2.67. The van der Waals surface area contributed by atoms with Crippen molar-refractivity contribution < 1.29 is 14.7 Å². The van der Waals surface area contributed by atoms with Gasteiger partial charge < -0.3 is 10.4 Å². The Kier molecular flexibility index (Phi) is 5.09. The first-order valence-corrected chi connectivity index (χ1v) is 7.28. The fourth-order valence-corrected chi connectivity index (χ4v) is 2.67. The van der Waals surface area contributed by atoms with E-state index in [9.17, 15) is 14.7 Å². The van der Waals surface area contributed by atoms with Crippen LogP contribution < -0.4 is 5.32 Å². The predicted molar refractivity (Wildman–Crippen MR) is 81.3 cm³/mol. The lowest BCUT2D eigenvalue weighted by atomic mass is 10.1. The van der Waals surface area contributed by atoms with E-state index in [0.29, 0.717) is 11.3 Å². The summed E-state index contributed by atoms with van der Waals surface area (Å²) >= 11 is 0. The molecule has 1 aliphatic heterocycles. The molecule has 0 aromatic heterocycles. The Bertz CT molecular complexity index is 530. The zero-order valence-corrected chi connectivity index (χ0v) is 12.5. The molecule has 1 fully saturated rings. The van der Waals surface area contributed by atoms with E-state index >= 15 is 0 Å². The van der Waals surface area contributed by atoms with Crippen LogP contribution in [-0.2, 0) is 4.79 Å². The van der Waals surface area contributed by atoms with Crippen molar-refractivity contribution in [3.8, 4) is 0 Å². The second kappa shape index (κ2) is 6.83. The maximum Gasteiger partial charge on any atom is 0.241 e. The number of aliphatic hydroxyl groups is 1. The third-order valence-electron chi connectivity index (χ3n) is 4.07. The standard InChI is InChI=1S/C16H22N2O3/c1-11(18-8-7-13(9-18)10-19)16(21)17-15-6-4-3-5-14(15)12(2)20/h3-6,11,13,19H,7-10H2,1-2H3,(H,17,21). The van der Waals surface area contributed by atoms with Crippen LogP contribution in [0, 0.1) is 5.92 Å². The van der Waals surface area contributed by atoms with Crippen LogP contribution in [0.25, 0.3) is 0 Å². The molecule has 1 saturated heterocycles. The quantitative estimate of drug-likeness (QED) is 0.807. The molecule has 2 rings (SSSR count). The van der Waals surface area contributed by atoms with Gasteiger partial charge in [-0.25, -0.2) is 0 Å². The Morgan fingerprint density at radius 3 is 2.76 bits per heavy atom. The minimum absolute atomic E-state index is 0.0694. The normalized spacial score (nSPS) is 20.2. The third-order valence-corrected chi connectivity index (χ3v) is 4.07. The first kappa shape index (κ1) is 15.7. The summed E-state index contributed by atoms with van der Waals surface area (Å²) in [4.78, 5) is 26.0. The van der Waals surface area contributed by atoms with E-state index in [4.69, 9.17) is 0 Å². The van der Waals surface area contributed by atoms with Crippen molar-refractivity contribution in [2.24, 2.45) is 5.92 Å². The Hall–Kier alpha value is -1.72. The molecule has 1 amide bonds. The molecule has 1 aliphatic rings. The molecular formula is C16H22N2O3. The lowest BCUT2D eigenvalue weighted by Crippen LogP contribution is -2.41. The zero-order chi connectivity index (χ0) is 15.4. The van der Waals surface area contributed by atoms with E-state index in [-0.39, 0.29) is 30.3 Å². The summed E-state index contributed by atoms with van der Waals surface area (Å²) in [6.07, 6.45) is 0.915. The highest BCUT2D eigenvalue weighted by Gasteiger charge is 2.29. The molecule has 114 valence electrons. The minimum Gasteiger partial charge on any atom is -0.396 e. The highest BCUT2D eigenvalue weighted by Crippen LogP contribution is 2.20. The van der Waals surface area contributed by atoms with Crippen LogP contribution in [0.2, 0.25) is 0 Å². The average Bonchev–Trinajstić information content (AvgIpc) is 2.95. The zero-order valence-electron chi connectivity index (χ0n) is 12.5. The first-order chi connectivity index (χ1) is 10.0. The highest BCUT2D eigenvalue weighted by atomic mass is 16.3. The van der Waals surface area contributed by atoms with E-state index in [2.05, 4.69) is 10.2 Å². The van der Waals surface area contributed by atoms with Crippen molar-refractivity contribution in [2.45, 2.75) is 26.3 Å². The summed E-state index contributed by atoms with van der Waals surface area (Å²) in [5.41, 5.74) is 1.08. The van der Waals surface area contributed by atoms with Crippen LogP contribution in [-0.4, -0.2) is 47.4 Å². The predicted octanol–water partition coefficient (Wildman–Crippen LogP) is 1.53. The van der Waals surface area contributed by atoms with Crippen LogP contribution in [0.1, 0.15) is 30.6 Å². The van der Waals surface area contributed by atoms with Gasteiger partial charge in [0.1, 0.15) is 0 Å². The second-order valence-electron chi connectivity index (χ2n) is 5.60. The van der Waals surface area contributed by atoms with Crippen molar-refractivity contribution >= 4 is 17.4 Å². The summed E-state index contributed by atoms with van der Waals surface area (Å²) in [5, 5.41) is 12.0. The fraction of sp³-hybridized carbons (Fsp3) is 0.500. The van der Waals surface area contributed by atoms with Gasteiger partial charge in [-0.1, -0.05) is 12.1 Å². The number of nitrogens with one attached hydrogen (secondary N) is 1. The molecule has 1 heterocycles. The number of benzene rings is 1. The number of para-hydroxylation sites is 1. The van der Waals surface area contributed by atoms with Gasteiger partial charge in [-0.2, -0.15) is 0 Å². The van der Waals surface area contributed by atoms with Crippen molar-refractivity contribution in [3.63, 3.8) is 0 Å². The molecule has 5 nitrogen and oxygen atoms in total. The van der Waals surface area contributed by atoms with E-state index in [1.807, 2.05) is 6.92 Å². The lowest BCUT2D eigenvalue weighted by Gasteiger charge is -2.23. The number of carbonyl (C=O) groups is 2. The Labute approximate surface area is 125 Å². The number of likely N-dealkylation sites (tertiary alicyclic amines) is 1. The summed E-state index contributed by atoms with van der Waals surface area (Å²) in [7, 11) is 0. The van der Waals surface area contributed by atoms with Gasteiger partial charge in [0.25, 0.3) is 0 Å². The number of Topliss-reactive ketones (excluding diaryl/α,β-unsaturated/α-hetero) is 1. The largest absolute Gasteiger partial charge is 0.396 e. The van der Waals surface area contributed by atoms with Gasteiger partial charge in [0.2, 0.25) is 5.91 Å². The number of anilines is 1. The van der Waals surface area contributed by atoms with Crippen LogP contribution in [0.15, 0.2) is 24.3 Å². The molecule has 0 radical (unpaired) electrons. The minimum atomic E-state index is -0.276. The van der Waals surface area contributed by atoms with Crippen molar-refractivity contribution in [1.82, 2.24) is 4.90 Å². The summed E-state index contributed by atoms with van der Waals surface area (Å²) < 4.78 is 0. The topological polar surface area (TPSA) is 69.6 Å². The molecule has 0 spiro atoms. The molecule has 1 aromatic carbocycles. The van der Waals surface area contributed by atoms with Crippen LogP contribution in [0.4, 0.5) is 5.69 Å². The second-order valence-corrected chi connectivity index (χ2v) is 5.60. The molecule has 5 heteroatoms. The van der Waals surface area contributed by atoms with Gasteiger partial charge in [0.05, 0.1) is 11.7 Å². The summed E-state index contributed by atoms with van der Waals surface area (Å²) in [6, 6.07) is 6.75. The molecular weight excluding hydrogens is 268 g/mol. The smallest absolute Gasteiger partial charge is 0.241 e. The number of nitrogens with zero attached hydrogens (tertiary/aromatic N) is 1. The molecule has 2 atom stereocenters. The van der Waals surface area contributed by atoms with E-state index in [0.717, 1.165) is 19.5 Å². The number of hydrogen-bond acceptors (Lipinski definition) is 4. The molecule has 21 heavy (non-hydrogen) atoms. The molecule has 0 aliphatic carbocycles. The van der Waals surface area contributed by atoms with E-state index in [1.54, 1.807) is 24.3 Å². The lowest BCUT2D eigenvalue weighted by molar-refractivity contribution is -0.120. The Morgan fingerprint density at radius 2 is 2.14 bits per heavy atom. The van der Waals surface area contributed by atoms with Crippen LogP contribution in [0.3, 0.4) is 0 Å². The Balaban J connectivity index is 2.03. The number of amides is 1. The van der Waals surface area contributed by atoms with Gasteiger partial charge in [0.15, 0.2) is 5.78 Å². The molecule has 0 saturated carbocycles. The van der Waals surface area contributed by atoms with Gasteiger partial charge in [0, 0.05) is 18.7 Å². The number of rotatable bonds is 5. The first-order valence-electron chi connectivity index (χ1n) is 7.28. The number of aliphatic hydroxyl groups excluding tert-OH is 1. The number of hydrogen-bond donors (Lipinski definition) is 2. The highest BCUT2D eigenvalue weighted by molar-refractivity contribution is 6.04. The van der Waals surface area contributed by atoms with Crippen molar-refractivity contribution in [3.05, 3.63) is 29.8 Å². The monoisotopic (exact) mass is 290 g/mol. The van der Waals surface area contributed by atoms with Gasteiger partial charge in [-0.3, -0.25) is 14.5 Å². The number of ketones is 1. The van der Waals surface area contributed by atoms with Crippen LogP contribution >= 0.6 is 0 Å². The molecule has 2 unspecified atom stereocenters. The Morgan fingerprint density at radius 1 is 1.43 bits per heavy atom. The number of carbonyl (C=O) groups excluding carboxylic acids is 2. The summed E-state index contributed by atoms with van der Waals surface area (Å²) in [5.74, 6) is 0.0621. The van der Waals surface area contributed by atoms with E-state index < -0.39 is 0 Å². The third kappa shape index (κ3) is 3.68. The SMILES string of the molecule is CC(=O)c1ccccc1NC(=O)C(C)N1CCC(CO)C1. The van der Waals surface area contributed by atoms with Crippen molar-refractivity contribution in [1.29, 1.82) is 0 Å². The molecule has 1 aromatic rings. The maximum atomic E-state index is 12.3. The molecule has 2 N–H and O–H groups in total. The van der Waals surface area contributed by atoms with Gasteiger partial charge in [-0.15, -0.1) is 0 Å². The van der Waals surface area contributed by atoms with Gasteiger partial charge in [-0.05, 0) is 44.9 Å². The summed E-state index contributed by atoms with van der Waals surface area (Å²) in [6.45, 7) is 5.05. The van der Waals surface area contributed by atoms with Crippen LogP contribution in [0.5, 0.6) is 0 Å². The average molecular weight is 290 g/mol. The maximum absolute atomic E-state index is 12.3. The van der Waals surface area contributed by atoms with Gasteiger partial charge >= 0.3 is 0 Å². The van der Waals surface area contributed by atoms with Crippen molar-refractivity contribution in [2.75, 3.05) is 25.0 Å².